The van der Waals surface area contributed by atoms with Crippen molar-refractivity contribution in [2.75, 3.05) is 0 Å². The lowest BCUT2D eigenvalue weighted by molar-refractivity contribution is -0.114. The Kier molecular flexibility index (Phi) is 3.98. The molecule has 0 saturated carbocycles. The van der Waals surface area contributed by atoms with Gasteiger partial charge in [0.05, 0.1) is 0 Å². The highest BCUT2D eigenvalue weighted by Crippen LogP contribution is 2.31. The zero-order chi connectivity index (χ0) is 19.8. The standard InChI is InChI=1S/C22H12N2O4/c23-11-13(22(24)27)9-14-6-8-19(28-14)12-5-7-17-18(10-12)21(26)16-4-2-1-3-15(16)20(17)25/h1-10H,(H2,24,27)/b13-9+. The molecule has 0 fully saturated rings. The van der Waals surface area contributed by atoms with Crippen LogP contribution < -0.4 is 5.73 Å². The van der Waals surface area contributed by atoms with E-state index in [2.05, 4.69) is 0 Å². The molecule has 6 heteroatoms. The maximum atomic E-state index is 12.8. The molecule has 0 unspecified atom stereocenters. The van der Waals surface area contributed by atoms with E-state index in [-0.39, 0.29) is 22.9 Å². The summed E-state index contributed by atoms with van der Waals surface area (Å²) < 4.78 is 5.64. The van der Waals surface area contributed by atoms with Crippen LogP contribution in [0.3, 0.4) is 0 Å². The van der Waals surface area contributed by atoms with Crippen LogP contribution in [0.2, 0.25) is 0 Å². The van der Waals surface area contributed by atoms with Gasteiger partial charge in [-0.15, -0.1) is 0 Å². The minimum absolute atomic E-state index is 0.195. The third-order valence-electron chi connectivity index (χ3n) is 4.51. The molecule has 0 aliphatic heterocycles. The van der Waals surface area contributed by atoms with Crippen LogP contribution in [0.15, 0.2) is 64.6 Å². The van der Waals surface area contributed by atoms with Gasteiger partial charge in [0, 0.05) is 33.9 Å². The summed E-state index contributed by atoms with van der Waals surface area (Å²) in [6.07, 6.45) is 1.25. The SMILES string of the molecule is N#C/C(=C\c1ccc(-c2ccc3c(c2)C(=O)c2ccccc2C3=O)o1)C(N)=O. The van der Waals surface area contributed by atoms with Crippen molar-refractivity contribution in [2.45, 2.75) is 0 Å². The van der Waals surface area contributed by atoms with E-state index in [1.165, 1.54) is 6.08 Å². The number of rotatable bonds is 3. The van der Waals surface area contributed by atoms with Crippen LogP contribution in [0.5, 0.6) is 0 Å². The smallest absolute Gasteiger partial charge is 0.259 e. The third kappa shape index (κ3) is 2.72. The summed E-state index contributed by atoms with van der Waals surface area (Å²) in [6.45, 7) is 0. The average Bonchev–Trinajstić information content (AvgIpc) is 3.18. The van der Waals surface area contributed by atoms with E-state index in [0.29, 0.717) is 33.6 Å². The minimum atomic E-state index is -0.850. The lowest BCUT2D eigenvalue weighted by Gasteiger charge is -2.17. The Morgan fingerprint density at radius 3 is 2.21 bits per heavy atom. The van der Waals surface area contributed by atoms with Gasteiger partial charge in [-0.1, -0.05) is 30.3 Å². The van der Waals surface area contributed by atoms with Gasteiger partial charge in [-0.05, 0) is 24.3 Å². The van der Waals surface area contributed by atoms with Crippen molar-refractivity contribution in [2.24, 2.45) is 5.73 Å². The van der Waals surface area contributed by atoms with Crippen molar-refractivity contribution in [3.05, 3.63) is 88.2 Å². The number of hydrogen-bond donors (Lipinski definition) is 1. The van der Waals surface area contributed by atoms with Crippen LogP contribution in [-0.2, 0) is 4.79 Å². The first kappa shape index (κ1) is 17.2. The molecule has 134 valence electrons. The van der Waals surface area contributed by atoms with Crippen LogP contribution in [-0.4, -0.2) is 17.5 Å². The number of primary amides is 1. The van der Waals surface area contributed by atoms with Gasteiger partial charge in [0.15, 0.2) is 11.6 Å². The third-order valence-corrected chi connectivity index (χ3v) is 4.51. The Morgan fingerprint density at radius 2 is 1.57 bits per heavy atom. The monoisotopic (exact) mass is 368 g/mol. The molecule has 3 aromatic rings. The Morgan fingerprint density at radius 1 is 0.929 bits per heavy atom. The van der Waals surface area contributed by atoms with Crippen LogP contribution >= 0.6 is 0 Å². The van der Waals surface area contributed by atoms with E-state index < -0.39 is 5.91 Å². The molecule has 4 rings (SSSR count). The molecule has 1 heterocycles. The van der Waals surface area contributed by atoms with Crippen molar-refractivity contribution in [1.29, 1.82) is 5.26 Å². The molecule has 0 spiro atoms. The highest BCUT2D eigenvalue weighted by molar-refractivity contribution is 6.28. The molecular weight excluding hydrogens is 356 g/mol. The Balaban J connectivity index is 1.75. The van der Waals surface area contributed by atoms with Gasteiger partial charge in [-0.3, -0.25) is 14.4 Å². The van der Waals surface area contributed by atoms with Gasteiger partial charge in [-0.2, -0.15) is 5.26 Å². The lowest BCUT2D eigenvalue weighted by Crippen LogP contribution is -2.20. The molecule has 2 aromatic carbocycles. The summed E-state index contributed by atoms with van der Waals surface area (Å²) in [5.74, 6) is -0.568. The molecule has 2 N–H and O–H groups in total. The molecule has 1 aromatic heterocycles. The molecule has 1 amide bonds. The van der Waals surface area contributed by atoms with Gasteiger partial charge >= 0.3 is 0 Å². The van der Waals surface area contributed by atoms with Gasteiger partial charge in [0.1, 0.15) is 23.2 Å². The zero-order valence-electron chi connectivity index (χ0n) is 14.4. The summed E-state index contributed by atoms with van der Waals surface area (Å²) in [5, 5.41) is 8.92. The van der Waals surface area contributed by atoms with Crippen LogP contribution in [0, 0.1) is 11.3 Å². The Bertz CT molecular complexity index is 1240. The summed E-state index contributed by atoms with van der Waals surface area (Å²) in [7, 11) is 0. The summed E-state index contributed by atoms with van der Waals surface area (Å²) in [6, 6.07) is 16.5. The molecule has 1 aliphatic carbocycles. The zero-order valence-corrected chi connectivity index (χ0v) is 14.4. The number of nitrogens with zero attached hydrogens (tertiary/aromatic N) is 1. The van der Waals surface area contributed by atoms with E-state index in [1.807, 2.05) is 0 Å². The number of benzene rings is 2. The summed E-state index contributed by atoms with van der Waals surface area (Å²) >= 11 is 0. The van der Waals surface area contributed by atoms with Gasteiger partial charge in [0.2, 0.25) is 0 Å². The number of furan rings is 1. The molecule has 1 aliphatic rings. The highest BCUT2D eigenvalue weighted by Gasteiger charge is 2.29. The first-order valence-electron chi connectivity index (χ1n) is 8.34. The predicted molar refractivity (Wildman–Crippen MR) is 100 cm³/mol. The normalized spacial score (nSPS) is 12.9. The van der Waals surface area contributed by atoms with E-state index in [9.17, 15) is 14.4 Å². The molecular formula is C22H12N2O4. The van der Waals surface area contributed by atoms with Crippen molar-refractivity contribution < 1.29 is 18.8 Å². The maximum Gasteiger partial charge on any atom is 0.259 e. The number of carbonyl (C=O) groups excluding carboxylic acids is 3. The van der Waals surface area contributed by atoms with Crippen molar-refractivity contribution in [1.82, 2.24) is 0 Å². The number of fused-ring (bicyclic) bond motifs is 2. The van der Waals surface area contributed by atoms with Crippen molar-refractivity contribution in [3.8, 4) is 17.4 Å². The maximum absolute atomic E-state index is 12.8. The highest BCUT2D eigenvalue weighted by atomic mass is 16.3. The number of amides is 1. The first-order valence-corrected chi connectivity index (χ1v) is 8.34. The number of carbonyl (C=O) groups is 3. The van der Waals surface area contributed by atoms with Crippen LogP contribution in [0.4, 0.5) is 0 Å². The number of nitriles is 1. The Labute approximate surface area is 159 Å². The molecule has 0 bridgehead atoms. The second-order valence-corrected chi connectivity index (χ2v) is 6.20. The first-order chi connectivity index (χ1) is 13.5. The van der Waals surface area contributed by atoms with Crippen LogP contribution in [0.25, 0.3) is 17.4 Å². The summed E-state index contributed by atoms with van der Waals surface area (Å²) in [5.41, 5.74) is 6.91. The van der Waals surface area contributed by atoms with Gasteiger partial charge in [-0.25, -0.2) is 0 Å². The predicted octanol–water partition coefficient (Wildman–Crippen LogP) is 3.11. The molecule has 0 saturated heterocycles. The number of ketones is 2. The second-order valence-electron chi connectivity index (χ2n) is 6.20. The van der Waals surface area contributed by atoms with Crippen molar-refractivity contribution in [3.63, 3.8) is 0 Å². The topological polar surface area (TPSA) is 114 Å². The average molecular weight is 368 g/mol. The van der Waals surface area contributed by atoms with E-state index in [4.69, 9.17) is 15.4 Å². The van der Waals surface area contributed by atoms with Crippen LogP contribution in [0.1, 0.15) is 37.6 Å². The fourth-order valence-electron chi connectivity index (χ4n) is 3.14. The van der Waals surface area contributed by atoms with E-state index >= 15 is 0 Å². The summed E-state index contributed by atoms with van der Waals surface area (Å²) in [4.78, 5) is 36.6. The number of nitrogens with two attached hydrogens (primary N) is 1. The molecule has 0 radical (unpaired) electrons. The van der Waals surface area contributed by atoms with Crippen molar-refractivity contribution >= 4 is 23.5 Å². The Hall–Kier alpha value is -4.24. The van der Waals surface area contributed by atoms with Gasteiger partial charge in [0.25, 0.3) is 5.91 Å². The second kappa shape index (κ2) is 6.49. The fourth-order valence-corrected chi connectivity index (χ4v) is 3.14. The van der Waals surface area contributed by atoms with E-state index in [1.54, 1.807) is 60.7 Å². The molecule has 0 atom stereocenters. The molecule has 6 nitrogen and oxygen atoms in total. The lowest BCUT2D eigenvalue weighted by atomic mass is 9.83. The number of hydrogen-bond acceptors (Lipinski definition) is 5. The largest absolute Gasteiger partial charge is 0.457 e. The van der Waals surface area contributed by atoms with Gasteiger partial charge < -0.3 is 10.2 Å². The molecule has 28 heavy (non-hydrogen) atoms. The van der Waals surface area contributed by atoms with E-state index in [0.717, 1.165) is 0 Å². The fraction of sp³-hybridized carbons (Fsp3) is 0. The minimum Gasteiger partial charge on any atom is -0.457 e. The quantitative estimate of drug-likeness (QED) is 0.441.